The van der Waals surface area contributed by atoms with Gasteiger partial charge in [0.1, 0.15) is 5.52 Å². The first kappa shape index (κ1) is 29.9. The standard InChI is InChI=1S/C49H32N2O/c1-4-13-35(14-5-1)43-32-38-26-30-45-48(52-49(50-45)36-16-6-2-7-17-36)47(38)44-31-37(25-29-42(43)44)33-23-27-40(28-24-33)51(39-19-8-3-9-20-39)46-22-12-18-34-15-10-11-21-41(34)46/h1-32H. The predicted octanol–water partition coefficient (Wildman–Crippen LogP) is 13.8. The molecule has 10 rings (SSSR count). The first-order chi connectivity index (χ1) is 25.8. The Morgan fingerprint density at radius 2 is 1.06 bits per heavy atom. The highest BCUT2D eigenvalue weighted by Crippen LogP contribution is 2.43. The molecular weight excluding hydrogens is 633 g/mol. The topological polar surface area (TPSA) is 29.3 Å². The lowest BCUT2D eigenvalue weighted by Crippen LogP contribution is -2.10. The van der Waals surface area contributed by atoms with Crippen molar-refractivity contribution in [2.75, 3.05) is 4.90 Å². The smallest absolute Gasteiger partial charge is 0.227 e. The van der Waals surface area contributed by atoms with Crippen LogP contribution in [0.1, 0.15) is 0 Å². The van der Waals surface area contributed by atoms with Gasteiger partial charge >= 0.3 is 0 Å². The molecule has 0 aliphatic heterocycles. The number of anilines is 3. The number of oxazole rings is 1. The third kappa shape index (κ3) is 5.10. The normalized spacial score (nSPS) is 11.5. The molecule has 9 aromatic carbocycles. The zero-order valence-corrected chi connectivity index (χ0v) is 28.3. The molecule has 0 spiro atoms. The van der Waals surface area contributed by atoms with E-state index >= 15 is 0 Å². The van der Waals surface area contributed by atoms with Crippen LogP contribution in [-0.2, 0) is 0 Å². The summed E-state index contributed by atoms with van der Waals surface area (Å²) in [4.78, 5) is 7.27. The van der Waals surface area contributed by atoms with Crippen LogP contribution in [0.3, 0.4) is 0 Å². The maximum absolute atomic E-state index is 6.61. The summed E-state index contributed by atoms with van der Waals surface area (Å²) in [6.45, 7) is 0. The summed E-state index contributed by atoms with van der Waals surface area (Å²) in [5, 5.41) is 6.94. The van der Waals surface area contributed by atoms with Gasteiger partial charge in [0, 0.05) is 27.7 Å². The minimum atomic E-state index is 0.629. The van der Waals surface area contributed by atoms with Crippen LogP contribution >= 0.6 is 0 Å². The second-order valence-electron chi connectivity index (χ2n) is 13.2. The molecule has 1 heterocycles. The van der Waals surface area contributed by atoms with Crippen molar-refractivity contribution < 1.29 is 4.42 Å². The number of nitrogens with zero attached hydrogens (tertiary/aromatic N) is 2. The van der Waals surface area contributed by atoms with Gasteiger partial charge in [-0.3, -0.25) is 0 Å². The number of aromatic nitrogens is 1. The molecule has 1 aromatic heterocycles. The minimum Gasteiger partial charge on any atom is -0.435 e. The number of fused-ring (bicyclic) bond motifs is 6. The Labute approximate surface area is 301 Å². The molecule has 0 amide bonds. The molecule has 0 saturated carbocycles. The van der Waals surface area contributed by atoms with Gasteiger partial charge in [-0.15, -0.1) is 0 Å². The zero-order chi connectivity index (χ0) is 34.4. The van der Waals surface area contributed by atoms with Crippen molar-refractivity contribution in [2.45, 2.75) is 0 Å². The maximum atomic E-state index is 6.61. The number of rotatable bonds is 6. The van der Waals surface area contributed by atoms with Gasteiger partial charge in [-0.2, -0.15) is 0 Å². The highest BCUT2D eigenvalue weighted by molar-refractivity contribution is 6.22. The van der Waals surface area contributed by atoms with Gasteiger partial charge in [0.2, 0.25) is 5.89 Å². The highest BCUT2D eigenvalue weighted by Gasteiger charge is 2.18. The number of para-hydroxylation sites is 1. The van der Waals surface area contributed by atoms with Gasteiger partial charge in [-0.1, -0.05) is 133 Å². The van der Waals surface area contributed by atoms with Crippen molar-refractivity contribution in [2.24, 2.45) is 0 Å². The van der Waals surface area contributed by atoms with Crippen molar-refractivity contribution >= 4 is 60.5 Å². The Morgan fingerprint density at radius 1 is 0.404 bits per heavy atom. The molecule has 0 N–H and O–H groups in total. The second kappa shape index (κ2) is 12.4. The first-order valence-electron chi connectivity index (χ1n) is 17.6. The Bertz CT molecular complexity index is 2870. The van der Waals surface area contributed by atoms with Crippen molar-refractivity contribution in [1.29, 1.82) is 0 Å². The Hall–Kier alpha value is -6.97. The van der Waals surface area contributed by atoms with Gasteiger partial charge in [-0.05, 0) is 104 Å². The van der Waals surface area contributed by atoms with Crippen molar-refractivity contribution in [3.05, 3.63) is 194 Å². The molecule has 0 atom stereocenters. The second-order valence-corrected chi connectivity index (χ2v) is 13.2. The summed E-state index contributed by atoms with van der Waals surface area (Å²) < 4.78 is 6.61. The Morgan fingerprint density at radius 3 is 1.85 bits per heavy atom. The van der Waals surface area contributed by atoms with E-state index in [0.717, 1.165) is 61.0 Å². The molecule has 0 unspecified atom stereocenters. The molecule has 0 bridgehead atoms. The van der Waals surface area contributed by atoms with E-state index in [9.17, 15) is 0 Å². The SMILES string of the molecule is c1ccc(-c2nc3ccc4cc(-c5ccccc5)c5ccc(-c6ccc(N(c7ccccc7)c7cccc8ccccc78)cc6)cc5c4c3o2)cc1. The molecule has 244 valence electrons. The zero-order valence-electron chi connectivity index (χ0n) is 28.3. The summed E-state index contributed by atoms with van der Waals surface area (Å²) in [5.74, 6) is 0.629. The van der Waals surface area contributed by atoms with Crippen LogP contribution in [-0.4, -0.2) is 4.98 Å². The lowest BCUT2D eigenvalue weighted by Gasteiger charge is -2.27. The van der Waals surface area contributed by atoms with E-state index in [-0.39, 0.29) is 0 Å². The molecule has 3 nitrogen and oxygen atoms in total. The van der Waals surface area contributed by atoms with E-state index < -0.39 is 0 Å². The summed E-state index contributed by atoms with van der Waals surface area (Å²) in [6.07, 6.45) is 0. The molecular formula is C49H32N2O. The van der Waals surface area contributed by atoms with Crippen LogP contribution in [0.4, 0.5) is 17.1 Å². The van der Waals surface area contributed by atoms with E-state index in [0.29, 0.717) is 5.89 Å². The third-order valence-corrected chi connectivity index (χ3v) is 10.1. The van der Waals surface area contributed by atoms with Gasteiger partial charge in [0.05, 0.1) is 5.69 Å². The Balaban J connectivity index is 1.15. The Kier molecular flexibility index (Phi) is 7.14. The third-order valence-electron chi connectivity index (χ3n) is 10.1. The van der Waals surface area contributed by atoms with Gasteiger partial charge in [-0.25, -0.2) is 4.98 Å². The quantitative estimate of drug-likeness (QED) is 0.166. The van der Waals surface area contributed by atoms with E-state index in [4.69, 9.17) is 9.40 Å². The van der Waals surface area contributed by atoms with Crippen molar-refractivity contribution in [3.63, 3.8) is 0 Å². The lowest BCUT2D eigenvalue weighted by atomic mass is 9.90. The van der Waals surface area contributed by atoms with Crippen molar-refractivity contribution in [3.8, 4) is 33.7 Å². The molecule has 0 saturated heterocycles. The van der Waals surface area contributed by atoms with Crippen molar-refractivity contribution in [1.82, 2.24) is 4.98 Å². The summed E-state index contributed by atoms with van der Waals surface area (Å²) in [6, 6.07) is 68.7. The van der Waals surface area contributed by atoms with Gasteiger partial charge < -0.3 is 9.32 Å². The molecule has 0 fully saturated rings. The summed E-state index contributed by atoms with van der Waals surface area (Å²) in [5.41, 5.74) is 10.6. The predicted molar refractivity (Wildman–Crippen MR) is 218 cm³/mol. The average molecular weight is 665 g/mol. The molecule has 0 radical (unpaired) electrons. The number of benzene rings is 9. The average Bonchev–Trinajstić information content (AvgIpc) is 3.67. The minimum absolute atomic E-state index is 0.629. The van der Waals surface area contributed by atoms with Gasteiger partial charge in [0.15, 0.2) is 5.58 Å². The fourth-order valence-corrected chi connectivity index (χ4v) is 7.58. The first-order valence-corrected chi connectivity index (χ1v) is 17.6. The van der Waals surface area contributed by atoms with Crippen LogP contribution in [0.2, 0.25) is 0 Å². The summed E-state index contributed by atoms with van der Waals surface area (Å²) in [7, 11) is 0. The van der Waals surface area contributed by atoms with Gasteiger partial charge in [0.25, 0.3) is 0 Å². The number of hydrogen-bond acceptors (Lipinski definition) is 3. The van der Waals surface area contributed by atoms with E-state index in [1.165, 1.54) is 27.3 Å². The fourth-order valence-electron chi connectivity index (χ4n) is 7.58. The fraction of sp³-hybridized carbons (Fsp3) is 0. The van der Waals surface area contributed by atoms with E-state index in [2.05, 4.69) is 169 Å². The van der Waals surface area contributed by atoms with Crippen LogP contribution in [0.25, 0.3) is 77.1 Å². The van der Waals surface area contributed by atoms with Crippen LogP contribution in [0.5, 0.6) is 0 Å². The molecule has 10 aromatic rings. The molecule has 3 heteroatoms. The largest absolute Gasteiger partial charge is 0.435 e. The summed E-state index contributed by atoms with van der Waals surface area (Å²) >= 11 is 0. The maximum Gasteiger partial charge on any atom is 0.227 e. The lowest BCUT2D eigenvalue weighted by molar-refractivity contribution is 0.623. The number of hydrogen-bond donors (Lipinski definition) is 0. The van der Waals surface area contributed by atoms with E-state index in [1.807, 2.05) is 30.3 Å². The van der Waals surface area contributed by atoms with Crippen LogP contribution in [0.15, 0.2) is 199 Å². The van der Waals surface area contributed by atoms with E-state index in [1.54, 1.807) is 0 Å². The highest BCUT2D eigenvalue weighted by atomic mass is 16.3. The molecule has 52 heavy (non-hydrogen) atoms. The molecule has 0 aliphatic carbocycles. The van der Waals surface area contributed by atoms with Crippen LogP contribution < -0.4 is 4.90 Å². The monoisotopic (exact) mass is 664 g/mol. The van der Waals surface area contributed by atoms with Crippen LogP contribution in [0, 0.1) is 0 Å². The molecule has 0 aliphatic rings.